The normalized spacial score (nSPS) is 16.3. The molecule has 98 valence electrons. The molecule has 0 amide bonds. The second kappa shape index (κ2) is 5.89. The van der Waals surface area contributed by atoms with Gasteiger partial charge in [0.2, 0.25) is 0 Å². The Morgan fingerprint density at radius 1 is 1.22 bits per heavy atom. The van der Waals surface area contributed by atoms with E-state index in [0.717, 1.165) is 18.4 Å². The molecule has 18 heavy (non-hydrogen) atoms. The molecule has 0 heterocycles. The van der Waals surface area contributed by atoms with E-state index in [2.05, 4.69) is 0 Å². The van der Waals surface area contributed by atoms with E-state index in [0.29, 0.717) is 11.3 Å². The van der Waals surface area contributed by atoms with E-state index < -0.39 is 0 Å². The van der Waals surface area contributed by atoms with Gasteiger partial charge < -0.3 is 9.47 Å². The average molecular weight is 248 g/mol. The van der Waals surface area contributed by atoms with Crippen molar-refractivity contribution in [2.75, 3.05) is 7.11 Å². The molecule has 1 fully saturated rings. The molecule has 1 aliphatic rings. The molecule has 3 heteroatoms. The van der Waals surface area contributed by atoms with Crippen molar-refractivity contribution in [1.29, 1.82) is 0 Å². The van der Waals surface area contributed by atoms with Crippen LogP contribution in [0, 0.1) is 6.92 Å². The van der Waals surface area contributed by atoms with Gasteiger partial charge in [0.05, 0.1) is 13.2 Å². The quantitative estimate of drug-likeness (QED) is 0.768. The van der Waals surface area contributed by atoms with Crippen molar-refractivity contribution >= 4 is 5.97 Å². The first-order valence-electron chi connectivity index (χ1n) is 6.57. The molecule has 0 aromatic heterocycles. The van der Waals surface area contributed by atoms with Crippen LogP contribution in [0.3, 0.4) is 0 Å². The largest absolute Gasteiger partial charge is 0.489 e. The third-order valence-corrected chi connectivity index (χ3v) is 3.45. The van der Waals surface area contributed by atoms with E-state index in [4.69, 9.17) is 9.47 Å². The van der Waals surface area contributed by atoms with Crippen LogP contribution >= 0.6 is 0 Å². The number of ether oxygens (including phenoxy) is 2. The van der Waals surface area contributed by atoms with Gasteiger partial charge >= 0.3 is 5.97 Å². The minimum atomic E-state index is -0.329. The number of aryl methyl sites for hydroxylation is 1. The summed E-state index contributed by atoms with van der Waals surface area (Å²) in [5, 5.41) is 0. The number of hydrogen-bond donors (Lipinski definition) is 0. The standard InChI is InChI=1S/C15H20O3/c1-11-7-6-10-13(15(16)17-2)14(11)18-12-8-4-3-5-9-12/h6-7,10,12H,3-5,8-9H2,1-2H3. The van der Waals surface area contributed by atoms with Crippen molar-refractivity contribution in [1.82, 2.24) is 0 Å². The monoisotopic (exact) mass is 248 g/mol. The molecule has 1 aromatic rings. The molecule has 0 saturated heterocycles. The molecule has 0 bridgehead atoms. The molecule has 3 nitrogen and oxygen atoms in total. The van der Waals surface area contributed by atoms with Gasteiger partial charge in [-0.3, -0.25) is 0 Å². The Kier molecular flexibility index (Phi) is 4.24. The number of hydrogen-bond acceptors (Lipinski definition) is 3. The highest BCUT2D eigenvalue weighted by molar-refractivity contribution is 5.92. The lowest BCUT2D eigenvalue weighted by Gasteiger charge is -2.24. The van der Waals surface area contributed by atoms with Gasteiger partial charge in [-0.25, -0.2) is 4.79 Å². The van der Waals surface area contributed by atoms with Crippen LogP contribution < -0.4 is 4.74 Å². The van der Waals surface area contributed by atoms with Gasteiger partial charge in [0, 0.05) is 0 Å². The molecule has 0 unspecified atom stereocenters. The highest BCUT2D eigenvalue weighted by Gasteiger charge is 2.20. The van der Waals surface area contributed by atoms with Crippen LogP contribution in [0.25, 0.3) is 0 Å². The minimum Gasteiger partial charge on any atom is -0.489 e. The molecule has 0 atom stereocenters. The second-order valence-corrected chi connectivity index (χ2v) is 4.82. The average Bonchev–Trinajstić information content (AvgIpc) is 2.41. The second-order valence-electron chi connectivity index (χ2n) is 4.82. The lowest BCUT2D eigenvalue weighted by molar-refractivity contribution is 0.0590. The third kappa shape index (κ3) is 2.84. The van der Waals surface area contributed by atoms with Gasteiger partial charge in [0.1, 0.15) is 11.3 Å². The maximum absolute atomic E-state index is 11.7. The van der Waals surface area contributed by atoms with Gasteiger partial charge in [-0.15, -0.1) is 0 Å². The highest BCUT2D eigenvalue weighted by atomic mass is 16.5. The smallest absolute Gasteiger partial charge is 0.341 e. The van der Waals surface area contributed by atoms with Gasteiger partial charge in [0.15, 0.2) is 0 Å². The number of para-hydroxylation sites is 1. The zero-order valence-corrected chi connectivity index (χ0v) is 11.1. The van der Waals surface area contributed by atoms with Gasteiger partial charge in [-0.1, -0.05) is 18.6 Å². The lowest BCUT2D eigenvalue weighted by atomic mass is 9.97. The van der Waals surface area contributed by atoms with E-state index in [-0.39, 0.29) is 12.1 Å². The Morgan fingerprint density at radius 3 is 2.61 bits per heavy atom. The fourth-order valence-corrected chi connectivity index (χ4v) is 2.43. The first-order valence-corrected chi connectivity index (χ1v) is 6.57. The summed E-state index contributed by atoms with van der Waals surface area (Å²) in [5.41, 5.74) is 1.52. The molecular formula is C15H20O3. The molecular weight excluding hydrogens is 228 g/mol. The van der Waals surface area contributed by atoms with Crippen molar-refractivity contribution in [3.63, 3.8) is 0 Å². The fourth-order valence-electron chi connectivity index (χ4n) is 2.43. The number of esters is 1. The molecule has 0 spiro atoms. The first kappa shape index (κ1) is 12.9. The van der Waals surface area contributed by atoms with Gasteiger partial charge in [-0.05, 0) is 44.2 Å². The van der Waals surface area contributed by atoms with Crippen LogP contribution in [-0.4, -0.2) is 19.2 Å². The maximum Gasteiger partial charge on any atom is 0.341 e. The Labute approximate surface area is 108 Å². The fraction of sp³-hybridized carbons (Fsp3) is 0.533. The van der Waals surface area contributed by atoms with Crippen LogP contribution in [0.4, 0.5) is 0 Å². The summed E-state index contributed by atoms with van der Waals surface area (Å²) in [5.74, 6) is 0.362. The summed E-state index contributed by atoms with van der Waals surface area (Å²) in [6.45, 7) is 1.96. The summed E-state index contributed by atoms with van der Waals surface area (Å²) >= 11 is 0. The molecule has 0 aliphatic heterocycles. The Bertz CT molecular complexity index is 420. The SMILES string of the molecule is COC(=O)c1cccc(C)c1OC1CCCCC1. The van der Waals surface area contributed by atoms with Crippen LogP contribution in [0.5, 0.6) is 5.75 Å². The summed E-state index contributed by atoms with van der Waals surface area (Å²) in [6.07, 6.45) is 6.11. The van der Waals surface area contributed by atoms with Crippen LogP contribution in [0.15, 0.2) is 18.2 Å². The summed E-state index contributed by atoms with van der Waals surface area (Å²) < 4.78 is 10.8. The number of benzene rings is 1. The number of methoxy groups -OCH3 is 1. The Hall–Kier alpha value is -1.51. The van der Waals surface area contributed by atoms with E-state index in [1.165, 1.54) is 26.4 Å². The Balaban J connectivity index is 2.21. The number of carbonyl (C=O) groups is 1. The zero-order valence-electron chi connectivity index (χ0n) is 11.1. The highest BCUT2D eigenvalue weighted by Crippen LogP contribution is 2.29. The van der Waals surface area contributed by atoms with Crippen LogP contribution in [0.1, 0.15) is 48.0 Å². The van der Waals surface area contributed by atoms with E-state index >= 15 is 0 Å². The van der Waals surface area contributed by atoms with Crippen LogP contribution in [0.2, 0.25) is 0 Å². The molecule has 0 radical (unpaired) electrons. The summed E-state index contributed by atoms with van der Waals surface area (Å²) in [4.78, 5) is 11.7. The van der Waals surface area contributed by atoms with E-state index in [9.17, 15) is 4.79 Å². The molecule has 2 rings (SSSR count). The predicted octanol–water partition coefficient (Wildman–Crippen LogP) is 3.49. The lowest BCUT2D eigenvalue weighted by Crippen LogP contribution is -2.21. The van der Waals surface area contributed by atoms with E-state index in [1.807, 2.05) is 19.1 Å². The molecule has 0 N–H and O–H groups in total. The topological polar surface area (TPSA) is 35.5 Å². The van der Waals surface area contributed by atoms with Crippen molar-refractivity contribution in [3.8, 4) is 5.75 Å². The van der Waals surface area contributed by atoms with Crippen molar-refractivity contribution in [2.45, 2.75) is 45.1 Å². The van der Waals surface area contributed by atoms with Crippen molar-refractivity contribution in [3.05, 3.63) is 29.3 Å². The molecule has 1 saturated carbocycles. The number of rotatable bonds is 3. The summed E-state index contributed by atoms with van der Waals surface area (Å²) in [7, 11) is 1.40. The zero-order chi connectivity index (χ0) is 13.0. The first-order chi connectivity index (χ1) is 8.72. The molecule has 1 aromatic carbocycles. The predicted molar refractivity (Wildman–Crippen MR) is 70.0 cm³/mol. The third-order valence-electron chi connectivity index (χ3n) is 3.45. The van der Waals surface area contributed by atoms with E-state index in [1.54, 1.807) is 6.07 Å². The molecule has 1 aliphatic carbocycles. The van der Waals surface area contributed by atoms with Crippen LogP contribution in [-0.2, 0) is 4.74 Å². The Morgan fingerprint density at radius 2 is 1.94 bits per heavy atom. The van der Waals surface area contributed by atoms with Gasteiger partial charge in [0.25, 0.3) is 0 Å². The summed E-state index contributed by atoms with van der Waals surface area (Å²) in [6, 6.07) is 5.58. The number of carbonyl (C=O) groups excluding carboxylic acids is 1. The maximum atomic E-state index is 11.7. The van der Waals surface area contributed by atoms with Gasteiger partial charge in [-0.2, -0.15) is 0 Å². The minimum absolute atomic E-state index is 0.239. The van der Waals surface area contributed by atoms with Crippen molar-refractivity contribution in [2.24, 2.45) is 0 Å². The van der Waals surface area contributed by atoms with Crippen molar-refractivity contribution < 1.29 is 14.3 Å².